The maximum absolute atomic E-state index is 13.0. The van der Waals surface area contributed by atoms with E-state index in [9.17, 15) is 4.39 Å². The number of piperazine rings is 1. The van der Waals surface area contributed by atoms with Crippen LogP contribution in [-0.2, 0) is 6.54 Å². The highest BCUT2D eigenvalue weighted by molar-refractivity contribution is 9.10. The lowest BCUT2D eigenvalue weighted by Crippen LogP contribution is -3.13. The Kier molecular flexibility index (Phi) is 4.33. The Balaban J connectivity index is 1.39. The summed E-state index contributed by atoms with van der Waals surface area (Å²) < 4.78 is 25.0. The number of nitrogens with one attached hydrogen (secondary N) is 1. The fraction of sp³-hybridized carbons (Fsp3) is 0.333. The molecule has 2 aromatic carbocycles. The number of anilines is 1. The molecule has 0 unspecified atom stereocenters. The molecule has 0 saturated carbocycles. The van der Waals surface area contributed by atoms with E-state index in [1.807, 2.05) is 18.2 Å². The summed E-state index contributed by atoms with van der Waals surface area (Å²) in [5, 5.41) is 0. The lowest BCUT2D eigenvalue weighted by atomic mass is 10.1. The van der Waals surface area contributed by atoms with Crippen molar-refractivity contribution in [3.63, 3.8) is 0 Å². The van der Waals surface area contributed by atoms with Gasteiger partial charge < -0.3 is 19.3 Å². The monoisotopic (exact) mass is 393 g/mol. The molecule has 0 atom stereocenters. The van der Waals surface area contributed by atoms with Gasteiger partial charge in [0.25, 0.3) is 0 Å². The highest BCUT2D eigenvalue weighted by Crippen LogP contribution is 2.36. The molecule has 0 aromatic heterocycles. The lowest BCUT2D eigenvalue weighted by molar-refractivity contribution is -0.914. The Morgan fingerprint density at radius 3 is 2.42 bits per heavy atom. The van der Waals surface area contributed by atoms with Crippen LogP contribution in [0.2, 0.25) is 0 Å². The van der Waals surface area contributed by atoms with Crippen molar-refractivity contribution in [2.24, 2.45) is 0 Å². The average Bonchev–Trinajstić information content (AvgIpc) is 3.04. The first kappa shape index (κ1) is 15.7. The normalized spacial score (nSPS) is 17.3. The first-order valence-corrected chi connectivity index (χ1v) is 8.90. The van der Waals surface area contributed by atoms with E-state index in [0.717, 1.165) is 54.4 Å². The van der Waals surface area contributed by atoms with Gasteiger partial charge >= 0.3 is 0 Å². The Morgan fingerprint density at radius 1 is 1.04 bits per heavy atom. The van der Waals surface area contributed by atoms with Crippen molar-refractivity contribution < 1.29 is 18.8 Å². The van der Waals surface area contributed by atoms with Crippen LogP contribution in [0.25, 0.3) is 0 Å². The van der Waals surface area contributed by atoms with Crippen LogP contribution in [0.4, 0.5) is 10.1 Å². The number of halogens is 2. The number of hydrogen-bond acceptors (Lipinski definition) is 3. The number of fused-ring (bicyclic) bond motifs is 1. The second-order valence-corrected chi connectivity index (χ2v) is 7.04. The van der Waals surface area contributed by atoms with Crippen molar-refractivity contribution >= 4 is 21.6 Å². The highest BCUT2D eigenvalue weighted by atomic mass is 79.9. The minimum absolute atomic E-state index is 0.185. The Hall–Kier alpha value is -1.79. The largest absolute Gasteiger partial charge is 0.454 e. The molecule has 2 aliphatic heterocycles. The zero-order chi connectivity index (χ0) is 16.5. The predicted octanol–water partition coefficient (Wildman–Crippen LogP) is 2.22. The smallest absolute Gasteiger partial charge is 0.231 e. The molecular weight excluding hydrogens is 375 g/mol. The molecule has 1 saturated heterocycles. The van der Waals surface area contributed by atoms with E-state index >= 15 is 0 Å². The van der Waals surface area contributed by atoms with E-state index in [1.165, 1.54) is 22.6 Å². The molecule has 1 fully saturated rings. The van der Waals surface area contributed by atoms with Crippen LogP contribution in [0.1, 0.15) is 5.56 Å². The summed E-state index contributed by atoms with van der Waals surface area (Å²) in [5.41, 5.74) is 2.34. The van der Waals surface area contributed by atoms with Crippen LogP contribution in [0.3, 0.4) is 0 Å². The van der Waals surface area contributed by atoms with Gasteiger partial charge in [0.2, 0.25) is 6.79 Å². The van der Waals surface area contributed by atoms with Crippen LogP contribution >= 0.6 is 15.9 Å². The van der Waals surface area contributed by atoms with Crippen molar-refractivity contribution in [3.05, 3.63) is 52.3 Å². The second-order valence-electron chi connectivity index (χ2n) is 6.19. The summed E-state index contributed by atoms with van der Waals surface area (Å²) in [6.07, 6.45) is 0. The molecule has 2 aromatic rings. The second kappa shape index (κ2) is 6.61. The topological polar surface area (TPSA) is 26.1 Å². The van der Waals surface area contributed by atoms with Gasteiger partial charge in [-0.3, -0.25) is 0 Å². The summed E-state index contributed by atoms with van der Waals surface area (Å²) in [7, 11) is 0. The Labute approximate surface area is 148 Å². The molecule has 0 bridgehead atoms. The van der Waals surface area contributed by atoms with Crippen LogP contribution < -0.4 is 19.3 Å². The molecule has 6 heteroatoms. The standard InChI is InChI=1S/C18H18BrFN2O2/c19-16-10-18-17(23-12-24-18)9-13(16)11-21-5-7-22(8-6-21)15-3-1-14(20)2-4-15/h1-4,9-10H,5-8,11-12H2/p+1. The molecule has 4 nitrogen and oxygen atoms in total. The molecule has 2 aliphatic rings. The van der Waals surface area contributed by atoms with Crippen LogP contribution in [0.5, 0.6) is 11.5 Å². The van der Waals surface area contributed by atoms with Crippen molar-refractivity contribution in [2.75, 3.05) is 37.9 Å². The van der Waals surface area contributed by atoms with E-state index in [0.29, 0.717) is 6.79 Å². The molecule has 1 N–H and O–H groups in total. The average molecular weight is 394 g/mol. The van der Waals surface area contributed by atoms with Gasteiger partial charge in [-0.25, -0.2) is 4.39 Å². The Bertz CT molecular complexity index is 731. The third kappa shape index (κ3) is 3.21. The summed E-state index contributed by atoms with van der Waals surface area (Å²) >= 11 is 3.64. The van der Waals surface area contributed by atoms with Gasteiger partial charge in [-0.15, -0.1) is 0 Å². The Morgan fingerprint density at radius 2 is 1.71 bits per heavy atom. The molecule has 2 heterocycles. The molecule has 24 heavy (non-hydrogen) atoms. The van der Waals surface area contributed by atoms with E-state index in [1.54, 1.807) is 0 Å². The van der Waals surface area contributed by atoms with Crippen molar-refractivity contribution in [1.82, 2.24) is 0 Å². The van der Waals surface area contributed by atoms with Crippen LogP contribution in [0, 0.1) is 5.82 Å². The van der Waals surface area contributed by atoms with Crippen molar-refractivity contribution in [2.45, 2.75) is 6.54 Å². The number of ether oxygens (including phenoxy) is 2. The van der Waals surface area contributed by atoms with Gasteiger partial charge in [-0.1, -0.05) is 15.9 Å². The predicted molar refractivity (Wildman–Crippen MR) is 93.3 cm³/mol. The molecule has 0 amide bonds. The SMILES string of the molecule is Fc1ccc(N2CC[NH+](Cc3cc4c(cc3Br)OCO4)CC2)cc1. The minimum Gasteiger partial charge on any atom is -0.454 e. The van der Waals surface area contributed by atoms with E-state index in [2.05, 4.69) is 26.9 Å². The summed E-state index contributed by atoms with van der Waals surface area (Å²) in [6, 6.07) is 10.8. The maximum atomic E-state index is 13.0. The fourth-order valence-corrected chi connectivity index (χ4v) is 3.74. The van der Waals surface area contributed by atoms with E-state index < -0.39 is 0 Å². The van der Waals surface area contributed by atoms with E-state index in [4.69, 9.17) is 9.47 Å². The molecule has 0 radical (unpaired) electrons. The van der Waals surface area contributed by atoms with Crippen LogP contribution in [0.15, 0.2) is 40.9 Å². The number of benzene rings is 2. The first-order valence-electron chi connectivity index (χ1n) is 8.11. The summed E-state index contributed by atoms with van der Waals surface area (Å²) in [5.74, 6) is 1.45. The maximum Gasteiger partial charge on any atom is 0.231 e. The summed E-state index contributed by atoms with van der Waals surface area (Å²) in [6.45, 7) is 5.31. The van der Waals surface area contributed by atoms with Crippen molar-refractivity contribution in [3.8, 4) is 11.5 Å². The van der Waals surface area contributed by atoms with Gasteiger partial charge in [0.05, 0.1) is 26.2 Å². The minimum atomic E-state index is -0.185. The lowest BCUT2D eigenvalue weighted by Gasteiger charge is -2.33. The highest BCUT2D eigenvalue weighted by Gasteiger charge is 2.23. The van der Waals surface area contributed by atoms with Gasteiger partial charge in [0, 0.05) is 15.7 Å². The molecule has 126 valence electrons. The molecule has 4 rings (SSSR count). The fourth-order valence-electron chi connectivity index (χ4n) is 3.27. The number of hydrogen-bond donors (Lipinski definition) is 1. The third-order valence-corrected chi connectivity index (χ3v) is 5.38. The zero-order valence-corrected chi connectivity index (χ0v) is 14.8. The molecule has 0 spiro atoms. The van der Waals surface area contributed by atoms with Gasteiger partial charge in [-0.2, -0.15) is 0 Å². The van der Waals surface area contributed by atoms with Crippen LogP contribution in [-0.4, -0.2) is 33.0 Å². The van der Waals surface area contributed by atoms with Crippen molar-refractivity contribution in [1.29, 1.82) is 0 Å². The number of nitrogens with zero attached hydrogens (tertiary/aromatic N) is 1. The number of quaternary nitrogens is 1. The number of rotatable bonds is 3. The molecule has 0 aliphatic carbocycles. The zero-order valence-electron chi connectivity index (χ0n) is 13.2. The van der Waals surface area contributed by atoms with Gasteiger partial charge in [0.1, 0.15) is 12.4 Å². The molecular formula is C18H19BrFN2O2+. The van der Waals surface area contributed by atoms with Gasteiger partial charge in [-0.05, 0) is 36.4 Å². The first-order chi connectivity index (χ1) is 11.7. The summed E-state index contributed by atoms with van der Waals surface area (Å²) in [4.78, 5) is 3.85. The third-order valence-electron chi connectivity index (χ3n) is 4.64. The van der Waals surface area contributed by atoms with Gasteiger partial charge in [0.15, 0.2) is 11.5 Å². The quantitative estimate of drug-likeness (QED) is 0.865. The van der Waals surface area contributed by atoms with E-state index in [-0.39, 0.29) is 5.82 Å².